The van der Waals surface area contributed by atoms with Gasteiger partial charge in [0.2, 0.25) is 0 Å². The molecule has 132 valence electrons. The van der Waals surface area contributed by atoms with Crippen molar-refractivity contribution in [2.24, 2.45) is 0 Å². The van der Waals surface area contributed by atoms with Crippen molar-refractivity contribution in [1.82, 2.24) is 10.3 Å². The summed E-state index contributed by atoms with van der Waals surface area (Å²) in [5, 5.41) is 3.88. The number of ether oxygens (including phenoxy) is 3. The maximum absolute atomic E-state index is 12.5. The number of benzene rings is 1. The van der Waals surface area contributed by atoms with Gasteiger partial charge in [-0.15, -0.1) is 0 Å². The molecule has 0 radical (unpaired) electrons. The van der Waals surface area contributed by atoms with Gasteiger partial charge in [0.1, 0.15) is 12.2 Å². The molecule has 25 heavy (non-hydrogen) atoms. The summed E-state index contributed by atoms with van der Waals surface area (Å²) in [6.45, 7) is 4.80. The molecule has 3 atom stereocenters. The molecule has 1 amide bonds. The van der Waals surface area contributed by atoms with Crippen LogP contribution in [0.1, 0.15) is 30.6 Å². The lowest BCUT2D eigenvalue weighted by Gasteiger charge is -2.31. The van der Waals surface area contributed by atoms with E-state index in [9.17, 15) is 4.79 Å². The van der Waals surface area contributed by atoms with E-state index in [1.54, 1.807) is 6.20 Å². The average molecular weight is 342 g/mol. The molecule has 1 aromatic carbocycles. The Morgan fingerprint density at radius 1 is 1.32 bits per heavy atom. The summed E-state index contributed by atoms with van der Waals surface area (Å²) in [5.74, 6) is -0.768. The number of pyridine rings is 1. The minimum Gasteiger partial charge on any atom is -0.373 e. The van der Waals surface area contributed by atoms with Crippen molar-refractivity contribution in [2.45, 2.75) is 44.4 Å². The Labute approximate surface area is 146 Å². The first-order valence-corrected chi connectivity index (χ1v) is 8.62. The van der Waals surface area contributed by atoms with Crippen LogP contribution >= 0.6 is 0 Å². The number of hydrogen-bond acceptors (Lipinski definition) is 5. The van der Waals surface area contributed by atoms with Crippen LogP contribution in [0, 0.1) is 0 Å². The van der Waals surface area contributed by atoms with Crippen LogP contribution in [0.3, 0.4) is 0 Å². The summed E-state index contributed by atoms with van der Waals surface area (Å²) in [7, 11) is 0. The number of nitrogens with zero attached hydrogens (tertiary/aromatic N) is 1. The van der Waals surface area contributed by atoms with Crippen molar-refractivity contribution < 1.29 is 19.0 Å². The smallest absolute Gasteiger partial charge is 0.252 e. The van der Waals surface area contributed by atoms with Gasteiger partial charge >= 0.3 is 0 Å². The highest BCUT2D eigenvalue weighted by molar-refractivity contribution is 5.97. The molecule has 2 aromatic rings. The van der Waals surface area contributed by atoms with Crippen LogP contribution < -0.4 is 5.32 Å². The third kappa shape index (κ3) is 3.38. The molecule has 0 bridgehead atoms. The molecular formula is C19H22N2O4. The number of aromatic nitrogens is 1. The molecule has 2 fully saturated rings. The fourth-order valence-electron chi connectivity index (χ4n) is 3.50. The predicted octanol–water partition coefficient (Wildman–Crippen LogP) is 2.27. The first kappa shape index (κ1) is 16.4. The standard InChI is InChI=1S/C19H22N2O4/c1-19(2)24-15-7-8-23-16(17(15)25-19)11-21-18(22)13-9-12-5-3-4-6-14(12)20-10-13/h3-6,9-10,15-17H,7-8,11H2,1-2H3,(H,21,22). The molecule has 2 aliphatic rings. The molecule has 6 heteroatoms. The summed E-state index contributed by atoms with van der Waals surface area (Å²) in [4.78, 5) is 16.8. The first-order chi connectivity index (χ1) is 12.0. The number of para-hydroxylation sites is 1. The van der Waals surface area contributed by atoms with E-state index in [4.69, 9.17) is 14.2 Å². The molecule has 1 aromatic heterocycles. The zero-order chi connectivity index (χ0) is 17.4. The van der Waals surface area contributed by atoms with Crippen molar-refractivity contribution in [3.63, 3.8) is 0 Å². The van der Waals surface area contributed by atoms with E-state index in [1.807, 2.05) is 44.2 Å². The van der Waals surface area contributed by atoms with Gasteiger partial charge in [-0.05, 0) is 32.4 Å². The molecule has 0 saturated carbocycles. The second kappa shape index (κ2) is 6.37. The van der Waals surface area contributed by atoms with Gasteiger partial charge in [0.05, 0.1) is 17.2 Å². The van der Waals surface area contributed by atoms with Gasteiger partial charge < -0.3 is 19.5 Å². The Hall–Kier alpha value is -2.02. The van der Waals surface area contributed by atoms with Crippen LogP contribution in [0.5, 0.6) is 0 Å². The van der Waals surface area contributed by atoms with Gasteiger partial charge in [-0.2, -0.15) is 0 Å². The Morgan fingerprint density at radius 3 is 3.04 bits per heavy atom. The third-order valence-electron chi connectivity index (χ3n) is 4.64. The maximum atomic E-state index is 12.5. The van der Waals surface area contributed by atoms with Gasteiger partial charge in [-0.25, -0.2) is 0 Å². The quantitative estimate of drug-likeness (QED) is 0.927. The van der Waals surface area contributed by atoms with Crippen molar-refractivity contribution in [1.29, 1.82) is 0 Å². The lowest BCUT2D eigenvalue weighted by Crippen LogP contribution is -2.48. The topological polar surface area (TPSA) is 69.7 Å². The lowest BCUT2D eigenvalue weighted by atomic mass is 10.0. The minimum absolute atomic E-state index is 0.0213. The summed E-state index contributed by atoms with van der Waals surface area (Å²) < 4.78 is 17.7. The highest BCUT2D eigenvalue weighted by atomic mass is 16.8. The minimum atomic E-state index is -0.604. The van der Waals surface area contributed by atoms with Gasteiger partial charge in [0.25, 0.3) is 5.91 Å². The van der Waals surface area contributed by atoms with E-state index in [1.165, 1.54) is 0 Å². The number of carbonyl (C=O) groups is 1. The van der Waals surface area contributed by atoms with Crippen molar-refractivity contribution in [3.05, 3.63) is 42.1 Å². The Bertz CT molecular complexity index is 792. The van der Waals surface area contributed by atoms with Gasteiger partial charge in [-0.1, -0.05) is 18.2 Å². The molecule has 3 heterocycles. The van der Waals surface area contributed by atoms with E-state index >= 15 is 0 Å². The van der Waals surface area contributed by atoms with E-state index < -0.39 is 5.79 Å². The van der Waals surface area contributed by atoms with Crippen LogP contribution in [0.15, 0.2) is 36.5 Å². The van der Waals surface area contributed by atoms with Gasteiger partial charge in [0, 0.05) is 24.7 Å². The molecule has 2 aliphatic heterocycles. The Morgan fingerprint density at radius 2 is 2.16 bits per heavy atom. The van der Waals surface area contributed by atoms with Crippen LogP contribution in [0.2, 0.25) is 0 Å². The number of carbonyl (C=O) groups excluding carboxylic acids is 1. The van der Waals surface area contributed by atoms with Crippen LogP contribution in [0.25, 0.3) is 10.9 Å². The second-order valence-corrected chi connectivity index (χ2v) is 6.96. The molecule has 0 spiro atoms. The number of rotatable bonds is 3. The molecule has 1 N–H and O–H groups in total. The van der Waals surface area contributed by atoms with Crippen LogP contribution in [-0.2, 0) is 14.2 Å². The molecule has 0 aliphatic carbocycles. The van der Waals surface area contributed by atoms with Crippen molar-refractivity contribution in [2.75, 3.05) is 13.2 Å². The fraction of sp³-hybridized carbons (Fsp3) is 0.474. The summed E-state index contributed by atoms with van der Waals surface area (Å²) in [5.41, 5.74) is 1.41. The predicted molar refractivity (Wildman–Crippen MR) is 92.3 cm³/mol. The zero-order valence-corrected chi connectivity index (χ0v) is 14.4. The first-order valence-electron chi connectivity index (χ1n) is 8.62. The normalized spacial score (nSPS) is 27.8. The summed E-state index contributed by atoms with van der Waals surface area (Å²) in [6.07, 6.45) is 2.07. The van der Waals surface area contributed by atoms with E-state index in [0.717, 1.165) is 17.3 Å². The molecule has 2 saturated heterocycles. The third-order valence-corrected chi connectivity index (χ3v) is 4.64. The highest BCUT2D eigenvalue weighted by Crippen LogP contribution is 2.34. The maximum Gasteiger partial charge on any atom is 0.252 e. The van der Waals surface area contributed by atoms with Crippen LogP contribution in [0.4, 0.5) is 0 Å². The SMILES string of the molecule is CC1(C)OC2CCOC(CNC(=O)c3cnc4ccccc4c3)C2O1. The lowest BCUT2D eigenvalue weighted by molar-refractivity contribution is -0.153. The monoisotopic (exact) mass is 342 g/mol. The summed E-state index contributed by atoms with van der Waals surface area (Å²) in [6, 6.07) is 9.57. The Kier molecular flexibility index (Phi) is 4.19. The molecule has 4 rings (SSSR count). The van der Waals surface area contributed by atoms with Crippen LogP contribution in [-0.4, -0.2) is 48.1 Å². The Balaban J connectivity index is 1.42. The fourth-order valence-corrected chi connectivity index (χ4v) is 3.50. The second-order valence-electron chi connectivity index (χ2n) is 6.96. The molecule has 3 unspecified atom stereocenters. The highest BCUT2D eigenvalue weighted by Gasteiger charge is 2.47. The largest absolute Gasteiger partial charge is 0.373 e. The van der Waals surface area contributed by atoms with Crippen molar-refractivity contribution >= 4 is 16.8 Å². The van der Waals surface area contributed by atoms with E-state index in [-0.39, 0.29) is 24.2 Å². The summed E-state index contributed by atoms with van der Waals surface area (Å²) >= 11 is 0. The van der Waals surface area contributed by atoms with Crippen molar-refractivity contribution in [3.8, 4) is 0 Å². The molecule has 6 nitrogen and oxygen atoms in total. The van der Waals surface area contributed by atoms with E-state index in [2.05, 4.69) is 10.3 Å². The zero-order valence-electron chi connectivity index (χ0n) is 14.4. The number of amides is 1. The number of hydrogen-bond donors (Lipinski definition) is 1. The number of fused-ring (bicyclic) bond motifs is 2. The van der Waals surface area contributed by atoms with E-state index in [0.29, 0.717) is 18.7 Å². The van der Waals surface area contributed by atoms with Gasteiger partial charge in [0.15, 0.2) is 5.79 Å². The average Bonchev–Trinajstić information content (AvgIpc) is 2.93. The van der Waals surface area contributed by atoms with Gasteiger partial charge in [-0.3, -0.25) is 9.78 Å². The molecular weight excluding hydrogens is 320 g/mol. The number of nitrogens with one attached hydrogen (secondary N) is 1.